The second-order valence-corrected chi connectivity index (χ2v) is 8.18. The number of benzene rings is 2. The van der Waals surface area contributed by atoms with Gasteiger partial charge in [-0.25, -0.2) is 10.0 Å². The fourth-order valence-electron chi connectivity index (χ4n) is 4.47. The van der Waals surface area contributed by atoms with Gasteiger partial charge in [-0.1, -0.05) is 35.9 Å². The number of aliphatic hydroxyl groups is 1. The maximum Gasteiger partial charge on any atom is 0.231 e. The first-order chi connectivity index (χ1) is 15.5. The van der Waals surface area contributed by atoms with Crippen LogP contribution in [0.3, 0.4) is 0 Å². The molecular weight excluding hydrogens is 404 g/mol. The number of hydrogen-bond acceptors (Lipinski definition) is 7. The van der Waals surface area contributed by atoms with Crippen molar-refractivity contribution in [2.24, 2.45) is 10.7 Å². The standard InChI is InChI=1S/C24H26N6O2/c1-16-3-2-4-17(11-16)12-22(32)28-8-7-18-13-19(5-6-21(18)28)23-24-20(25)14-26-15-29(24)30(27-23)9-10-31/h2-6,11,13-15,27,31H,7-10,12,25H2,1H3. The first kappa shape index (κ1) is 20.3. The lowest BCUT2D eigenvalue weighted by atomic mass is 10.0. The van der Waals surface area contributed by atoms with Crippen LogP contribution in [-0.4, -0.2) is 47.2 Å². The van der Waals surface area contributed by atoms with Crippen LogP contribution in [0.4, 0.5) is 5.69 Å². The smallest absolute Gasteiger partial charge is 0.231 e. The number of aliphatic hydroxyl groups excluding tert-OH is 1. The number of hydrazine groups is 2. The Kier molecular flexibility index (Phi) is 5.16. The Bertz CT molecular complexity index is 1170. The van der Waals surface area contributed by atoms with Crippen molar-refractivity contribution in [2.75, 3.05) is 24.6 Å². The molecule has 0 aromatic heterocycles. The zero-order valence-corrected chi connectivity index (χ0v) is 18.0. The number of fused-ring (bicyclic) bond motifs is 2. The molecule has 0 bridgehead atoms. The number of nitrogens with zero attached hydrogens (tertiary/aromatic N) is 4. The summed E-state index contributed by atoms with van der Waals surface area (Å²) in [5, 5.41) is 13.0. The van der Waals surface area contributed by atoms with Crippen molar-refractivity contribution in [3.63, 3.8) is 0 Å². The SMILES string of the molecule is Cc1cccc(CC(=O)N2CCc3cc(C4=C5C(N)=CN=CN5N(CCO)N4)ccc32)c1. The summed E-state index contributed by atoms with van der Waals surface area (Å²) in [5.74, 6) is 0.110. The molecule has 0 atom stereocenters. The van der Waals surface area contributed by atoms with Gasteiger partial charge in [0.1, 0.15) is 12.0 Å². The summed E-state index contributed by atoms with van der Waals surface area (Å²) in [6.07, 6.45) is 4.49. The third kappa shape index (κ3) is 3.53. The van der Waals surface area contributed by atoms with E-state index in [0.717, 1.165) is 45.8 Å². The molecule has 0 unspecified atom stereocenters. The quantitative estimate of drug-likeness (QED) is 0.668. The summed E-state index contributed by atoms with van der Waals surface area (Å²) in [4.78, 5) is 19.0. The topological polar surface area (TPSA) is 97.4 Å². The van der Waals surface area contributed by atoms with Gasteiger partial charge < -0.3 is 15.7 Å². The van der Waals surface area contributed by atoms with Gasteiger partial charge in [-0.05, 0) is 36.6 Å². The number of rotatable bonds is 5. The van der Waals surface area contributed by atoms with Gasteiger partial charge in [0.25, 0.3) is 0 Å². The van der Waals surface area contributed by atoms with Crippen molar-refractivity contribution in [1.82, 2.24) is 15.6 Å². The second kappa shape index (κ2) is 8.14. The molecule has 2 aromatic rings. The van der Waals surface area contributed by atoms with Crippen LogP contribution in [0.5, 0.6) is 0 Å². The van der Waals surface area contributed by atoms with Crippen molar-refractivity contribution in [1.29, 1.82) is 0 Å². The minimum atomic E-state index is -0.0102. The normalized spacial score (nSPS) is 17.4. The molecule has 5 rings (SSSR count). The van der Waals surface area contributed by atoms with E-state index in [1.54, 1.807) is 17.7 Å². The molecule has 3 aliphatic heterocycles. The summed E-state index contributed by atoms with van der Waals surface area (Å²) >= 11 is 0. The van der Waals surface area contributed by atoms with Crippen LogP contribution >= 0.6 is 0 Å². The summed E-state index contributed by atoms with van der Waals surface area (Å²) in [6.45, 7) is 3.10. The van der Waals surface area contributed by atoms with E-state index >= 15 is 0 Å². The molecule has 164 valence electrons. The van der Waals surface area contributed by atoms with Crippen LogP contribution in [0.25, 0.3) is 5.70 Å². The highest BCUT2D eigenvalue weighted by atomic mass is 16.3. The Labute approximate surface area is 186 Å². The van der Waals surface area contributed by atoms with E-state index < -0.39 is 0 Å². The van der Waals surface area contributed by atoms with Crippen LogP contribution in [0.2, 0.25) is 0 Å². The fraction of sp³-hybridized carbons (Fsp3) is 0.250. The average Bonchev–Trinajstić information content (AvgIpc) is 3.36. The molecule has 0 saturated carbocycles. The number of carbonyl (C=O) groups is 1. The van der Waals surface area contributed by atoms with Crippen molar-refractivity contribution in [3.8, 4) is 0 Å². The number of amides is 1. The Morgan fingerprint density at radius 1 is 1.25 bits per heavy atom. The lowest BCUT2D eigenvalue weighted by molar-refractivity contribution is -0.117. The van der Waals surface area contributed by atoms with Gasteiger partial charge in [0.15, 0.2) is 0 Å². The number of β-amino-alcohol motifs (C(OH)–C–C–N with tert-alkyl or cyclic N) is 1. The highest BCUT2D eigenvalue weighted by molar-refractivity contribution is 5.97. The summed E-state index contributed by atoms with van der Waals surface area (Å²) in [5.41, 5.74) is 17.0. The van der Waals surface area contributed by atoms with E-state index in [9.17, 15) is 9.90 Å². The van der Waals surface area contributed by atoms with Crippen LogP contribution in [-0.2, 0) is 17.6 Å². The number of hydrogen-bond donors (Lipinski definition) is 3. The third-order valence-electron chi connectivity index (χ3n) is 5.94. The molecule has 0 spiro atoms. The van der Waals surface area contributed by atoms with Crippen molar-refractivity contribution in [3.05, 3.63) is 82.3 Å². The molecule has 8 heteroatoms. The number of aliphatic imine (C=N–C) groups is 1. The van der Waals surface area contributed by atoms with E-state index in [-0.39, 0.29) is 12.5 Å². The van der Waals surface area contributed by atoms with E-state index in [1.165, 1.54) is 0 Å². The minimum absolute atomic E-state index is 0.0102. The molecule has 4 N–H and O–H groups in total. The largest absolute Gasteiger partial charge is 0.396 e. The predicted molar refractivity (Wildman–Crippen MR) is 124 cm³/mol. The van der Waals surface area contributed by atoms with E-state index in [4.69, 9.17) is 5.73 Å². The van der Waals surface area contributed by atoms with Gasteiger partial charge in [-0.15, -0.1) is 5.12 Å². The van der Waals surface area contributed by atoms with E-state index in [2.05, 4.69) is 22.6 Å². The van der Waals surface area contributed by atoms with Crippen molar-refractivity contribution >= 4 is 23.6 Å². The third-order valence-corrected chi connectivity index (χ3v) is 5.94. The lowest BCUT2D eigenvalue weighted by Gasteiger charge is -2.27. The van der Waals surface area contributed by atoms with Crippen molar-refractivity contribution < 1.29 is 9.90 Å². The maximum atomic E-state index is 13.0. The summed E-state index contributed by atoms with van der Waals surface area (Å²) in [7, 11) is 0. The highest BCUT2D eigenvalue weighted by Gasteiger charge is 2.33. The predicted octanol–water partition coefficient (Wildman–Crippen LogP) is 1.67. The Balaban J connectivity index is 1.41. The molecule has 0 saturated heterocycles. The van der Waals surface area contributed by atoms with Gasteiger partial charge in [0, 0.05) is 17.8 Å². The molecule has 2 aromatic carbocycles. The number of nitrogens with two attached hydrogens (primary N) is 1. The molecule has 0 fully saturated rings. The Morgan fingerprint density at radius 2 is 2.12 bits per heavy atom. The maximum absolute atomic E-state index is 13.0. The van der Waals surface area contributed by atoms with Crippen LogP contribution in [0, 0.1) is 6.92 Å². The van der Waals surface area contributed by atoms with Crippen LogP contribution in [0.1, 0.15) is 22.3 Å². The van der Waals surface area contributed by atoms with E-state index in [0.29, 0.717) is 25.2 Å². The number of carbonyl (C=O) groups excluding carboxylic acids is 1. The van der Waals surface area contributed by atoms with Gasteiger partial charge in [-0.3, -0.25) is 10.2 Å². The molecule has 1 amide bonds. The molecule has 0 aliphatic carbocycles. The zero-order chi connectivity index (χ0) is 22.2. The number of nitrogens with one attached hydrogen (secondary N) is 1. The number of anilines is 1. The van der Waals surface area contributed by atoms with Crippen molar-refractivity contribution in [2.45, 2.75) is 19.8 Å². The van der Waals surface area contributed by atoms with Gasteiger partial charge >= 0.3 is 0 Å². The molecular formula is C24H26N6O2. The molecule has 3 aliphatic rings. The monoisotopic (exact) mass is 430 g/mol. The first-order valence-corrected chi connectivity index (χ1v) is 10.7. The number of aryl methyl sites for hydroxylation is 1. The first-order valence-electron chi connectivity index (χ1n) is 10.7. The summed E-state index contributed by atoms with van der Waals surface area (Å²) in [6, 6.07) is 14.2. The lowest BCUT2D eigenvalue weighted by Crippen LogP contribution is -2.45. The van der Waals surface area contributed by atoms with Gasteiger partial charge in [-0.2, -0.15) is 0 Å². The Morgan fingerprint density at radius 3 is 2.94 bits per heavy atom. The van der Waals surface area contributed by atoms with Crippen LogP contribution < -0.4 is 16.1 Å². The summed E-state index contributed by atoms with van der Waals surface area (Å²) < 4.78 is 0. The van der Waals surface area contributed by atoms with Crippen LogP contribution in [0.15, 0.2) is 65.1 Å². The van der Waals surface area contributed by atoms with E-state index in [1.807, 2.05) is 47.2 Å². The minimum Gasteiger partial charge on any atom is -0.396 e. The van der Waals surface area contributed by atoms with Gasteiger partial charge in [0.05, 0.1) is 37.2 Å². The van der Waals surface area contributed by atoms with Gasteiger partial charge in [0.2, 0.25) is 5.91 Å². The molecule has 32 heavy (non-hydrogen) atoms. The highest BCUT2D eigenvalue weighted by Crippen LogP contribution is 2.35. The average molecular weight is 431 g/mol. The molecule has 3 heterocycles. The second-order valence-electron chi connectivity index (χ2n) is 8.18. The molecule has 8 nitrogen and oxygen atoms in total. The Hall–Kier alpha value is -3.62. The fourth-order valence-corrected chi connectivity index (χ4v) is 4.47. The zero-order valence-electron chi connectivity index (χ0n) is 18.0. The molecule has 0 radical (unpaired) electrons.